The molecule has 1 N–H and O–H groups in total. The molecule has 2 fully saturated rings. The van der Waals surface area contributed by atoms with Crippen LogP contribution >= 0.6 is 0 Å². The maximum Gasteiger partial charge on any atom is 0.325 e. The van der Waals surface area contributed by atoms with Crippen LogP contribution in [0.4, 0.5) is 4.79 Å². The van der Waals surface area contributed by atoms with Gasteiger partial charge < -0.3 is 15.0 Å². The summed E-state index contributed by atoms with van der Waals surface area (Å²) in [6.45, 7) is 8.92. The smallest absolute Gasteiger partial charge is 0.325 e. The second kappa shape index (κ2) is 7.31. The van der Waals surface area contributed by atoms with E-state index in [4.69, 9.17) is 4.74 Å². The highest BCUT2D eigenvalue weighted by Crippen LogP contribution is 2.30. The van der Waals surface area contributed by atoms with Crippen LogP contribution in [0.5, 0.6) is 0 Å². The molecule has 0 aromatic heterocycles. The van der Waals surface area contributed by atoms with Gasteiger partial charge >= 0.3 is 6.03 Å². The first-order valence-electron chi connectivity index (χ1n) is 9.36. The molecule has 0 bridgehead atoms. The van der Waals surface area contributed by atoms with E-state index in [1.54, 1.807) is 11.8 Å². The third-order valence-electron chi connectivity index (χ3n) is 5.32. The molecule has 2 heterocycles. The van der Waals surface area contributed by atoms with Gasteiger partial charge in [-0.05, 0) is 30.9 Å². The quantitative estimate of drug-likeness (QED) is 0.817. The summed E-state index contributed by atoms with van der Waals surface area (Å²) in [6, 6.07) is 7.12. The molecular formula is C20H27N3O4. The molecule has 2 atom stereocenters. The fourth-order valence-corrected chi connectivity index (χ4v) is 3.52. The van der Waals surface area contributed by atoms with E-state index in [2.05, 4.69) is 19.2 Å². The number of ether oxygens (including phenoxy) is 1. The van der Waals surface area contributed by atoms with Crippen molar-refractivity contribution >= 4 is 17.8 Å². The number of imide groups is 1. The Kier molecular flexibility index (Phi) is 5.24. The van der Waals surface area contributed by atoms with Gasteiger partial charge in [0.2, 0.25) is 5.91 Å². The summed E-state index contributed by atoms with van der Waals surface area (Å²) >= 11 is 0. The molecule has 7 heteroatoms. The van der Waals surface area contributed by atoms with Crippen molar-refractivity contribution in [2.75, 3.05) is 26.2 Å². The van der Waals surface area contributed by atoms with E-state index in [0.29, 0.717) is 31.2 Å². The lowest BCUT2D eigenvalue weighted by molar-refractivity contribution is -0.143. The van der Waals surface area contributed by atoms with Gasteiger partial charge in [-0.3, -0.25) is 14.5 Å². The zero-order chi connectivity index (χ0) is 19.8. The highest BCUT2D eigenvalue weighted by molar-refractivity contribution is 6.09. The highest BCUT2D eigenvalue weighted by atomic mass is 16.5. The van der Waals surface area contributed by atoms with E-state index in [1.165, 1.54) is 0 Å². The van der Waals surface area contributed by atoms with Crippen LogP contribution in [0.25, 0.3) is 0 Å². The largest absolute Gasteiger partial charge is 0.375 e. The molecule has 0 aliphatic carbocycles. The zero-order valence-electron chi connectivity index (χ0n) is 16.3. The number of carbonyl (C=O) groups excluding carboxylic acids is 3. The van der Waals surface area contributed by atoms with Gasteiger partial charge in [-0.15, -0.1) is 0 Å². The van der Waals surface area contributed by atoms with E-state index < -0.39 is 17.5 Å². The maximum atomic E-state index is 13.0. The Morgan fingerprint density at radius 2 is 1.96 bits per heavy atom. The summed E-state index contributed by atoms with van der Waals surface area (Å²) in [4.78, 5) is 40.6. The molecule has 1 aromatic carbocycles. The summed E-state index contributed by atoms with van der Waals surface area (Å²) in [5.41, 5.74) is 0.707. The minimum absolute atomic E-state index is 0.0458. The molecule has 0 unspecified atom stereocenters. The lowest BCUT2D eigenvalue weighted by atomic mass is 9.90. The first-order valence-corrected chi connectivity index (χ1v) is 9.36. The summed E-state index contributed by atoms with van der Waals surface area (Å²) in [5, 5.41) is 2.75. The van der Waals surface area contributed by atoms with Crippen molar-refractivity contribution in [3.05, 3.63) is 35.4 Å². The van der Waals surface area contributed by atoms with Crippen LogP contribution in [0.1, 0.15) is 44.7 Å². The van der Waals surface area contributed by atoms with E-state index in [0.717, 1.165) is 10.5 Å². The number of hydrogen-bond acceptors (Lipinski definition) is 4. The standard InChI is InChI=1S/C20H27N3O4/c1-13(2)15-5-7-16(8-6-15)20(4)18(25)23(19(26)21-20)12-17(24)22-9-10-27-14(3)11-22/h5-8,13-14H,9-12H2,1-4H3,(H,21,26)/t14-,20-/m1/s1. The lowest BCUT2D eigenvalue weighted by Gasteiger charge is -2.32. The number of amides is 4. The van der Waals surface area contributed by atoms with Gasteiger partial charge in [0.15, 0.2) is 0 Å². The second-order valence-electron chi connectivity index (χ2n) is 7.74. The summed E-state index contributed by atoms with van der Waals surface area (Å²) in [7, 11) is 0. The van der Waals surface area contributed by atoms with Crippen LogP contribution in [0.15, 0.2) is 24.3 Å². The van der Waals surface area contributed by atoms with Gasteiger partial charge in [0, 0.05) is 13.1 Å². The van der Waals surface area contributed by atoms with Gasteiger partial charge in [0.05, 0.1) is 12.7 Å². The van der Waals surface area contributed by atoms with Crippen LogP contribution < -0.4 is 5.32 Å². The molecule has 2 aliphatic rings. The predicted molar refractivity (Wildman–Crippen MR) is 100 cm³/mol. The third-order valence-corrected chi connectivity index (χ3v) is 5.32. The van der Waals surface area contributed by atoms with E-state index in [1.807, 2.05) is 31.2 Å². The van der Waals surface area contributed by atoms with Crippen molar-refractivity contribution in [3.63, 3.8) is 0 Å². The molecular weight excluding hydrogens is 346 g/mol. The normalized spacial score (nSPS) is 25.9. The van der Waals surface area contributed by atoms with Gasteiger partial charge in [0.1, 0.15) is 12.1 Å². The van der Waals surface area contributed by atoms with Crippen LogP contribution in [0.3, 0.4) is 0 Å². The number of rotatable bonds is 4. The molecule has 2 saturated heterocycles. The fourth-order valence-electron chi connectivity index (χ4n) is 3.52. The number of morpholine rings is 1. The van der Waals surface area contributed by atoms with Crippen molar-refractivity contribution in [1.29, 1.82) is 0 Å². The van der Waals surface area contributed by atoms with Crippen molar-refractivity contribution < 1.29 is 19.1 Å². The molecule has 0 radical (unpaired) electrons. The third kappa shape index (κ3) is 3.69. The van der Waals surface area contributed by atoms with Crippen molar-refractivity contribution in [1.82, 2.24) is 15.1 Å². The van der Waals surface area contributed by atoms with E-state index in [-0.39, 0.29) is 18.6 Å². The number of nitrogens with one attached hydrogen (secondary N) is 1. The first-order chi connectivity index (χ1) is 12.7. The van der Waals surface area contributed by atoms with Gasteiger partial charge in [-0.25, -0.2) is 4.79 Å². The Labute approximate surface area is 159 Å². The SMILES string of the molecule is CC(C)c1ccc([C@@]2(C)NC(=O)N(CC(=O)N3CCO[C@H](C)C3)C2=O)cc1. The Morgan fingerprint density at radius 3 is 2.56 bits per heavy atom. The lowest BCUT2D eigenvalue weighted by Crippen LogP contribution is -2.49. The number of urea groups is 1. The zero-order valence-corrected chi connectivity index (χ0v) is 16.3. The average Bonchev–Trinajstić information content (AvgIpc) is 2.86. The van der Waals surface area contributed by atoms with Gasteiger partial charge in [-0.1, -0.05) is 38.1 Å². The maximum absolute atomic E-state index is 13.0. The van der Waals surface area contributed by atoms with E-state index >= 15 is 0 Å². The van der Waals surface area contributed by atoms with Crippen LogP contribution in [0.2, 0.25) is 0 Å². The molecule has 3 rings (SSSR count). The molecule has 0 spiro atoms. The van der Waals surface area contributed by atoms with Crippen LogP contribution in [0, 0.1) is 0 Å². The Bertz CT molecular complexity index is 746. The van der Waals surface area contributed by atoms with Crippen LogP contribution in [-0.2, 0) is 19.9 Å². The highest BCUT2D eigenvalue weighted by Gasteiger charge is 2.49. The molecule has 0 saturated carbocycles. The molecule has 7 nitrogen and oxygen atoms in total. The van der Waals surface area contributed by atoms with Crippen LogP contribution in [-0.4, -0.2) is 60.0 Å². The fraction of sp³-hybridized carbons (Fsp3) is 0.550. The molecule has 4 amide bonds. The van der Waals surface area contributed by atoms with E-state index in [9.17, 15) is 14.4 Å². The Balaban J connectivity index is 1.74. The minimum atomic E-state index is -1.16. The second-order valence-corrected chi connectivity index (χ2v) is 7.74. The van der Waals surface area contributed by atoms with Crippen molar-refractivity contribution in [3.8, 4) is 0 Å². The predicted octanol–water partition coefficient (Wildman–Crippen LogP) is 1.82. The summed E-state index contributed by atoms with van der Waals surface area (Å²) < 4.78 is 5.43. The average molecular weight is 373 g/mol. The number of hydrogen-bond donors (Lipinski definition) is 1. The van der Waals surface area contributed by atoms with Gasteiger partial charge in [0.25, 0.3) is 5.91 Å². The first kappa shape index (κ1) is 19.4. The molecule has 2 aliphatic heterocycles. The monoisotopic (exact) mass is 373 g/mol. The van der Waals surface area contributed by atoms with Crippen molar-refractivity contribution in [2.45, 2.75) is 45.3 Å². The summed E-state index contributed by atoms with van der Waals surface area (Å²) in [5.74, 6) is -0.265. The minimum Gasteiger partial charge on any atom is -0.375 e. The molecule has 146 valence electrons. The Morgan fingerprint density at radius 1 is 1.30 bits per heavy atom. The number of benzene rings is 1. The summed E-state index contributed by atoms with van der Waals surface area (Å²) in [6.07, 6.45) is -0.0458. The molecule has 27 heavy (non-hydrogen) atoms. The van der Waals surface area contributed by atoms with Crippen molar-refractivity contribution in [2.24, 2.45) is 0 Å². The Hall–Kier alpha value is -2.41. The number of nitrogens with zero attached hydrogens (tertiary/aromatic N) is 2. The van der Waals surface area contributed by atoms with Gasteiger partial charge in [-0.2, -0.15) is 0 Å². The number of carbonyl (C=O) groups is 3. The topological polar surface area (TPSA) is 79.0 Å². The molecule has 1 aromatic rings.